The molecule has 0 N–H and O–H groups in total. The second kappa shape index (κ2) is 14.5. The third kappa shape index (κ3) is 14.8. The van der Waals surface area contributed by atoms with E-state index in [1.54, 1.807) is 0 Å². The smallest absolute Gasteiger partial charge is 1.00 e. The Morgan fingerprint density at radius 1 is 1.23 bits per heavy atom. The van der Waals surface area contributed by atoms with Gasteiger partial charge in [-0.15, -0.1) is 6.58 Å². The summed E-state index contributed by atoms with van der Waals surface area (Å²) in [6.45, 7) is 3.68. The van der Waals surface area contributed by atoms with Crippen molar-refractivity contribution in [2.75, 3.05) is 6.61 Å². The minimum atomic E-state index is -0.276. The first-order valence-electron chi connectivity index (χ1n) is 3.47. The Kier molecular flexibility index (Phi) is 17.3. The van der Waals surface area contributed by atoms with Crippen molar-refractivity contribution in [1.29, 1.82) is 0 Å². The maximum absolute atomic E-state index is 9.39. The number of rotatable bonds is 3. The Bertz CT molecular complexity index is 175. The molecule has 1 aromatic carbocycles. The molecule has 0 atom stereocenters. The van der Waals surface area contributed by atoms with Crippen LogP contribution >= 0.6 is 8.69 Å². The number of hydrogen-bond donors (Lipinski definition) is 0. The molecule has 4 heteroatoms. The van der Waals surface area contributed by atoms with Crippen molar-refractivity contribution in [3.63, 3.8) is 0 Å². The van der Waals surface area contributed by atoms with E-state index in [0.717, 1.165) is 0 Å². The minimum absolute atomic E-state index is 0. The molecular formula is C9H12NaO2P. The molecule has 0 bridgehead atoms. The Hall–Kier alpha value is 0.0200. The predicted octanol–water partition coefficient (Wildman–Crippen LogP) is 0.199. The summed E-state index contributed by atoms with van der Waals surface area (Å²) in [4.78, 5) is 0. The summed E-state index contributed by atoms with van der Waals surface area (Å²) in [6.07, 6.45) is 1.53. The average Bonchev–Trinajstić information content (AvgIpc) is 2.18. The molecular weight excluding hydrogens is 194 g/mol. The molecule has 0 unspecified atom stereocenters. The van der Waals surface area contributed by atoms with Gasteiger partial charge < -0.3 is 1.43 Å². The predicted molar refractivity (Wildman–Crippen MR) is 51.3 cm³/mol. The summed E-state index contributed by atoms with van der Waals surface area (Å²) in [6, 6.07) is 12.0. The van der Waals surface area contributed by atoms with Crippen LogP contribution in [0.3, 0.4) is 0 Å². The normalized spacial score (nSPS) is 7.69. The fraction of sp³-hybridized carbons (Fsp3) is 0.111. The molecule has 0 amide bonds. The van der Waals surface area contributed by atoms with Crippen molar-refractivity contribution >= 4 is 8.69 Å². The van der Waals surface area contributed by atoms with E-state index in [9.17, 15) is 4.57 Å². The summed E-state index contributed by atoms with van der Waals surface area (Å²) in [7, 11) is -0.276. The van der Waals surface area contributed by atoms with Gasteiger partial charge >= 0.3 is 38.2 Å². The SMILES string of the molecule is C=CCOP=O.[H-].[Na+].c1ccccc1. The van der Waals surface area contributed by atoms with Gasteiger partial charge in [0, 0.05) is 0 Å². The average molecular weight is 206 g/mol. The van der Waals surface area contributed by atoms with E-state index in [4.69, 9.17) is 0 Å². The van der Waals surface area contributed by atoms with Crippen LogP contribution in [-0.2, 0) is 9.09 Å². The van der Waals surface area contributed by atoms with Crippen molar-refractivity contribution in [2.24, 2.45) is 0 Å². The van der Waals surface area contributed by atoms with Crippen molar-refractivity contribution in [1.82, 2.24) is 0 Å². The van der Waals surface area contributed by atoms with Crippen LogP contribution in [0.2, 0.25) is 0 Å². The van der Waals surface area contributed by atoms with E-state index in [1.807, 2.05) is 36.4 Å². The van der Waals surface area contributed by atoms with Crippen LogP contribution in [-0.4, -0.2) is 6.61 Å². The van der Waals surface area contributed by atoms with Crippen molar-refractivity contribution in [3.8, 4) is 0 Å². The zero-order valence-electron chi connectivity index (χ0n) is 8.72. The Labute approximate surface area is 104 Å². The first kappa shape index (κ1) is 15.5. The molecule has 0 aliphatic heterocycles. The van der Waals surface area contributed by atoms with Gasteiger partial charge in [0.25, 0.3) is 0 Å². The van der Waals surface area contributed by atoms with Crippen LogP contribution in [0.4, 0.5) is 0 Å². The Morgan fingerprint density at radius 2 is 1.62 bits per heavy atom. The summed E-state index contributed by atoms with van der Waals surface area (Å²) >= 11 is 0. The summed E-state index contributed by atoms with van der Waals surface area (Å²) in [5.41, 5.74) is 0. The van der Waals surface area contributed by atoms with Gasteiger partial charge in [0.15, 0.2) is 0 Å². The van der Waals surface area contributed by atoms with Crippen LogP contribution in [0.1, 0.15) is 1.43 Å². The first-order valence-corrected chi connectivity index (χ1v) is 4.20. The largest absolute Gasteiger partial charge is 1.00 e. The van der Waals surface area contributed by atoms with Crippen LogP contribution in [0.5, 0.6) is 0 Å². The van der Waals surface area contributed by atoms with E-state index in [-0.39, 0.29) is 39.7 Å². The zero-order chi connectivity index (χ0) is 9.07. The fourth-order valence-electron chi connectivity index (χ4n) is 0.468. The van der Waals surface area contributed by atoms with Gasteiger partial charge in [0.05, 0.1) is 6.61 Å². The third-order valence-electron chi connectivity index (χ3n) is 0.912. The molecule has 0 saturated heterocycles. The van der Waals surface area contributed by atoms with Gasteiger partial charge in [0.2, 0.25) is 0 Å². The van der Waals surface area contributed by atoms with Gasteiger partial charge in [-0.3, -0.25) is 4.52 Å². The molecule has 1 aromatic rings. The van der Waals surface area contributed by atoms with Gasteiger partial charge in [-0.25, -0.2) is 4.57 Å². The van der Waals surface area contributed by atoms with E-state index < -0.39 is 0 Å². The molecule has 13 heavy (non-hydrogen) atoms. The molecule has 0 aliphatic carbocycles. The molecule has 0 aliphatic rings. The quantitative estimate of drug-likeness (QED) is 0.305. The molecule has 0 fully saturated rings. The maximum Gasteiger partial charge on any atom is 1.00 e. The van der Waals surface area contributed by atoms with E-state index in [2.05, 4.69) is 11.1 Å². The van der Waals surface area contributed by atoms with Crippen LogP contribution in [0, 0.1) is 0 Å². The topological polar surface area (TPSA) is 26.3 Å². The molecule has 66 valence electrons. The van der Waals surface area contributed by atoms with Crippen molar-refractivity contribution < 1.29 is 40.1 Å². The summed E-state index contributed by atoms with van der Waals surface area (Å²) in [5, 5.41) is 0. The molecule has 0 aromatic heterocycles. The second-order valence-corrected chi connectivity index (χ2v) is 2.22. The summed E-state index contributed by atoms with van der Waals surface area (Å²) < 4.78 is 13.7. The van der Waals surface area contributed by atoms with E-state index in [1.165, 1.54) is 6.08 Å². The van der Waals surface area contributed by atoms with Gasteiger partial charge in [-0.2, -0.15) is 0 Å². The van der Waals surface area contributed by atoms with Crippen molar-refractivity contribution in [3.05, 3.63) is 49.1 Å². The number of benzene rings is 1. The Balaban J connectivity index is -0.000000151. The molecule has 0 saturated carbocycles. The second-order valence-electron chi connectivity index (χ2n) is 1.81. The third-order valence-corrected chi connectivity index (χ3v) is 1.17. The first-order chi connectivity index (χ1) is 5.91. The molecule has 2 nitrogen and oxygen atoms in total. The molecule has 1 rings (SSSR count). The number of hydrogen-bond acceptors (Lipinski definition) is 2. The van der Waals surface area contributed by atoms with Crippen molar-refractivity contribution in [2.45, 2.75) is 0 Å². The summed E-state index contributed by atoms with van der Waals surface area (Å²) in [5.74, 6) is 0. The zero-order valence-corrected chi connectivity index (χ0v) is 10.6. The molecule has 0 radical (unpaired) electrons. The van der Waals surface area contributed by atoms with Gasteiger partial charge in [-0.1, -0.05) is 42.5 Å². The fourth-order valence-corrected chi connectivity index (χ4v) is 0.634. The van der Waals surface area contributed by atoms with Crippen LogP contribution in [0.15, 0.2) is 49.1 Å². The van der Waals surface area contributed by atoms with E-state index in [0.29, 0.717) is 6.61 Å². The van der Waals surface area contributed by atoms with E-state index >= 15 is 0 Å². The van der Waals surface area contributed by atoms with Crippen LogP contribution < -0.4 is 29.6 Å². The van der Waals surface area contributed by atoms with Gasteiger partial charge in [0.1, 0.15) is 0 Å². The standard InChI is InChI=1S/C6H6.C3H5O2P.Na.H/c1-2-4-6-5-3-1;1-2-3-5-6-4;;/h1-6H;2H,1,3H2;;/q;;+1;-1. The maximum atomic E-state index is 9.39. The Morgan fingerprint density at radius 3 is 1.77 bits per heavy atom. The monoisotopic (exact) mass is 206 g/mol. The molecule has 0 heterocycles. The minimum Gasteiger partial charge on any atom is -1.00 e. The van der Waals surface area contributed by atoms with Gasteiger partial charge in [-0.05, 0) is 0 Å². The van der Waals surface area contributed by atoms with Crippen LogP contribution in [0.25, 0.3) is 0 Å². The molecule has 0 spiro atoms.